The summed E-state index contributed by atoms with van der Waals surface area (Å²) >= 11 is 0. The fourth-order valence-electron chi connectivity index (χ4n) is 2.62. The van der Waals surface area contributed by atoms with E-state index in [9.17, 15) is 4.39 Å². The quantitative estimate of drug-likeness (QED) is 0.611. The molecule has 0 radical (unpaired) electrons. The van der Waals surface area contributed by atoms with Crippen molar-refractivity contribution in [1.29, 1.82) is 0 Å². The Morgan fingerprint density at radius 3 is 2.31 bits per heavy atom. The second-order valence-electron chi connectivity index (χ2n) is 4.44. The highest BCUT2D eigenvalue weighted by atomic mass is 19.1. The fraction of sp³-hybridized carbons (Fsp3) is 1.00. The van der Waals surface area contributed by atoms with Gasteiger partial charge in [-0.3, -0.25) is 0 Å². The van der Waals surface area contributed by atoms with Gasteiger partial charge in [-0.15, -0.1) is 0 Å². The van der Waals surface area contributed by atoms with Crippen molar-refractivity contribution in [3.05, 3.63) is 0 Å². The third-order valence-corrected chi connectivity index (χ3v) is 3.43. The molecule has 2 aliphatic rings. The van der Waals surface area contributed by atoms with Gasteiger partial charge in [0.1, 0.15) is 6.17 Å². The van der Waals surface area contributed by atoms with Gasteiger partial charge in [-0.25, -0.2) is 4.39 Å². The first-order valence-electron chi connectivity index (χ1n) is 5.62. The van der Waals surface area contributed by atoms with Crippen LogP contribution in [0.25, 0.3) is 0 Å². The van der Waals surface area contributed by atoms with Crippen LogP contribution in [0.5, 0.6) is 0 Å². The molecule has 0 unspecified atom stereocenters. The molecule has 1 aliphatic heterocycles. The lowest BCUT2D eigenvalue weighted by molar-refractivity contribution is -0.0621. The van der Waals surface area contributed by atoms with Gasteiger partial charge in [-0.05, 0) is 31.6 Å². The minimum absolute atomic E-state index is 0.348. The van der Waals surface area contributed by atoms with Crippen molar-refractivity contribution < 1.29 is 9.13 Å². The average Bonchev–Trinajstić information content (AvgIpc) is 2.20. The highest BCUT2D eigenvalue weighted by Crippen LogP contribution is 2.32. The van der Waals surface area contributed by atoms with E-state index >= 15 is 0 Å². The first-order valence-corrected chi connectivity index (χ1v) is 5.62. The predicted molar refractivity (Wildman–Crippen MR) is 50.4 cm³/mol. The Morgan fingerprint density at radius 1 is 0.923 bits per heavy atom. The van der Waals surface area contributed by atoms with Gasteiger partial charge >= 0.3 is 0 Å². The fourth-order valence-corrected chi connectivity index (χ4v) is 2.62. The number of ether oxygens (including phenoxy) is 1. The Bertz CT molecular complexity index is 146. The van der Waals surface area contributed by atoms with Crippen LogP contribution < -0.4 is 0 Å². The topological polar surface area (TPSA) is 9.23 Å². The highest BCUT2D eigenvalue weighted by Gasteiger charge is 2.28. The smallest absolute Gasteiger partial charge is 0.123 e. The molecule has 76 valence electrons. The predicted octanol–water partition coefficient (Wildman–Crippen LogP) is 3.08. The summed E-state index contributed by atoms with van der Waals surface area (Å²) in [5, 5.41) is 0. The van der Waals surface area contributed by atoms with E-state index in [2.05, 4.69) is 0 Å². The summed E-state index contributed by atoms with van der Waals surface area (Å²) in [6, 6.07) is 0. The minimum Gasteiger partial charge on any atom is -0.375 e. The minimum atomic E-state index is -0.695. The van der Waals surface area contributed by atoms with Crippen molar-refractivity contribution in [2.24, 2.45) is 5.92 Å². The van der Waals surface area contributed by atoms with E-state index < -0.39 is 6.17 Å². The molecule has 0 aromatic rings. The van der Waals surface area contributed by atoms with Gasteiger partial charge in [0, 0.05) is 0 Å². The van der Waals surface area contributed by atoms with Gasteiger partial charge < -0.3 is 4.74 Å². The van der Waals surface area contributed by atoms with Crippen LogP contribution in [0, 0.1) is 5.92 Å². The molecule has 0 N–H and O–H groups in total. The van der Waals surface area contributed by atoms with E-state index in [1.165, 1.54) is 32.1 Å². The molecule has 1 nitrogen and oxygen atoms in total. The number of rotatable bonds is 1. The molecule has 2 atom stereocenters. The molecule has 2 heteroatoms. The van der Waals surface area contributed by atoms with Crippen molar-refractivity contribution in [1.82, 2.24) is 0 Å². The Labute approximate surface area is 79.7 Å². The summed E-state index contributed by atoms with van der Waals surface area (Å²) in [6.07, 6.45) is 8.06. The molecule has 1 saturated heterocycles. The van der Waals surface area contributed by atoms with E-state index in [1.807, 2.05) is 0 Å². The maximum absolute atomic E-state index is 12.8. The molecule has 1 saturated carbocycles. The average molecular weight is 186 g/mol. The van der Waals surface area contributed by atoms with E-state index in [-0.39, 0.29) is 0 Å². The summed E-state index contributed by atoms with van der Waals surface area (Å²) < 4.78 is 18.4. The van der Waals surface area contributed by atoms with Gasteiger partial charge in [-0.2, -0.15) is 0 Å². The molecule has 2 fully saturated rings. The summed E-state index contributed by atoms with van der Waals surface area (Å²) in [6.45, 7) is 0.348. The monoisotopic (exact) mass is 186 g/mol. The first-order chi connectivity index (χ1) is 6.36. The molecule has 0 aromatic heterocycles. The van der Waals surface area contributed by atoms with Crippen LogP contribution in [-0.2, 0) is 4.74 Å². The van der Waals surface area contributed by atoms with E-state index in [1.54, 1.807) is 0 Å². The molecular formula is C11H19FO. The standard InChI is InChI=1S/C11H19FO/c12-10-6-7-11(13-8-10)9-4-2-1-3-5-9/h9-11H,1-8H2/t10-,11-/m0/s1. The Morgan fingerprint density at radius 2 is 1.69 bits per heavy atom. The van der Waals surface area contributed by atoms with Crippen molar-refractivity contribution in [3.8, 4) is 0 Å². The van der Waals surface area contributed by atoms with E-state index in [0.717, 1.165) is 18.8 Å². The maximum Gasteiger partial charge on any atom is 0.123 e. The van der Waals surface area contributed by atoms with E-state index in [0.29, 0.717) is 12.7 Å². The van der Waals surface area contributed by atoms with Gasteiger partial charge in [0.25, 0.3) is 0 Å². The number of hydrogen-bond donors (Lipinski definition) is 0. The van der Waals surface area contributed by atoms with Gasteiger partial charge in [-0.1, -0.05) is 19.3 Å². The van der Waals surface area contributed by atoms with Gasteiger partial charge in [0.05, 0.1) is 12.7 Å². The van der Waals surface area contributed by atoms with Crippen LogP contribution in [0.15, 0.2) is 0 Å². The highest BCUT2D eigenvalue weighted by molar-refractivity contribution is 4.78. The molecule has 0 aromatic carbocycles. The molecule has 1 aliphatic carbocycles. The summed E-state index contributed by atoms with van der Waals surface area (Å²) in [4.78, 5) is 0. The number of hydrogen-bond acceptors (Lipinski definition) is 1. The molecular weight excluding hydrogens is 167 g/mol. The van der Waals surface area contributed by atoms with Crippen LogP contribution in [0.1, 0.15) is 44.9 Å². The van der Waals surface area contributed by atoms with Crippen molar-refractivity contribution in [3.63, 3.8) is 0 Å². The zero-order chi connectivity index (χ0) is 9.10. The Kier molecular flexibility index (Phi) is 3.20. The number of alkyl halides is 1. The van der Waals surface area contributed by atoms with E-state index in [4.69, 9.17) is 4.74 Å². The zero-order valence-corrected chi connectivity index (χ0v) is 8.18. The molecule has 13 heavy (non-hydrogen) atoms. The second kappa shape index (κ2) is 4.41. The molecule has 0 spiro atoms. The largest absolute Gasteiger partial charge is 0.375 e. The number of halogens is 1. The maximum atomic E-state index is 12.8. The third kappa shape index (κ3) is 2.43. The second-order valence-corrected chi connectivity index (χ2v) is 4.44. The molecule has 2 rings (SSSR count). The molecule has 1 heterocycles. The lowest BCUT2D eigenvalue weighted by Crippen LogP contribution is -2.33. The molecule has 0 amide bonds. The van der Waals surface area contributed by atoms with Crippen LogP contribution in [0.2, 0.25) is 0 Å². The van der Waals surface area contributed by atoms with Crippen LogP contribution >= 0.6 is 0 Å². The van der Waals surface area contributed by atoms with Crippen LogP contribution in [0.4, 0.5) is 4.39 Å². The SMILES string of the molecule is F[C@H]1CC[C@@H](C2CCCCC2)OC1. The van der Waals surface area contributed by atoms with Gasteiger partial charge in [0.15, 0.2) is 0 Å². The third-order valence-electron chi connectivity index (χ3n) is 3.43. The molecule has 0 bridgehead atoms. The zero-order valence-electron chi connectivity index (χ0n) is 8.18. The van der Waals surface area contributed by atoms with Gasteiger partial charge in [0.2, 0.25) is 0 Å². The van der Waals surface area contributed by atoms with Crippen molar-refractivity contribution in [2.75, 3.05) is 6.61 Å². The summed E-state index contributed by atoms with van der Waals surface area (Å²) in [5.41, 5.74) is 0. The van der Waals surface area contributed by atoms with Crippen molar-refractivity contribution >= 4 is 0 Å². The van der Waals surface area contributed by atoms with Crippen molar-refractivity contribution in [2.45, 2.75) is 57.2 Å². The summed E-state index contributed by atoms with van der Waals surface area (Å²) in [5.74, 6) is 0.737. The first kappa shape index (κ1) is 9.45. The normalized spacial score (nSPS) is 37.6. The Hall–Kier alpha value is -0.110. The van der Waals surface area contributed by atoms with Crippen LogP contribution in [0.3, 0.4) is 0 Å². The lowest BCUT2D eigenvalue weighted by Gasteiger charge is -2.33. The van der Waals surface area contributed by atoms with Crippen LogP contribution in [-0.4, -0.2) is 18.9 Å². The Balaban J connectivity index is 1.79. The summed E-state index contributed by atoms with van der Waals surface area (Å²) in [7, 11) is 0. The lowest BCUT2D eigenvalue weighted by atomic mass is 9.83.